The highest BCUT2D eigenvalue weighted by Crippen LogP contribution is 1.98. The molecule has 1 rings (SSSR count). The van der Waals surface area contributed by atoms with Crippen molar-refractivity contribution >= 4 is 11.9 Å². The van der Waals surface area contributed by atoms with E-state index in [1.165, 1.54) is 17.7 Å². The van der Waals surface area contributed by atoms with Crippen molar-refractivity contribution in [2.24, 2.45) is 7.05 Å². The van der Waals surface area contributed by atoms with E-state index in [1.54, 1.807) is 13.2 Å². The van der Waals surface area contributed by atoms with E-state index in [2.05, 4.69) is 10.4 Å². The lowest BCUT2D eigenvalue weighted by molar-refractivity contribution is -0.141. The van der Waals surface area contributed by atoms with Gasteiger partial charge >= 0.3 is 5.97 Å². The van der Waals surface area contributed by atoms with Gasteiger partial charge in [-0.05, 0) is 13.0 Å². The van der Waals surface area contributed by atoms with Crippen molar-refractivity contribution in [2.45, 2.75) is 19.1 Å². The number of aliphatic hydroxyl groups excluding tert-OH is 1. The summed E-state index contributed by atoms with van der Waals surface area (Å²) in [5.41, 5.74) is 0.106. The van der Waals surface area contributed by atoms with Crippen molar-refractivity contribution in [2.75, 3.05) is 0 Å². The fraction of sp³-hybridized carbons (Fsp3) is 0.444. The smallest absolute Gasteiger partial charge is 0.328 e. The van der Waals surface area contributed by atoms with E-state index in [9.17, 15) is 9.59 Å². The molecule has 0 aliphatic carbocycles. The lowest BCUT2D eigenvalue weighted by Gasteiger charge is -2.15. The molecule has 1 amide bonds. The van der Waals surface area contributed by atoms with Crippen molar-refractivity contribution in [1.82, 2.24) is 15.1 Å². The number of nitrogens with zero attached hydrogens (tertiary/aromatic N) is 2. The van der Waals surface area contributed by atoms with E-state index in [4.69, 9.17) is 10.2 Å². The molecule has 0 saturated heterocycles. The molecule has 2 unspecified atom stereocenters. The maximum absolute atomic E-state index is 11.5. The molecule has 1 heterocycles. The Hall–Kier alpha value is -1.89. The van der Waals surface area contributed by atoms with E-state index in [0.717, 1.165) is 0 Å². The zero-order valence-electron chi connectivity index (χ0n) is 8.91. The number of nitrogens with one attached hydrogen (secondary N) is 1. The number of hydrogen-bond acceptors (Lipinski definition) is 4. The first-order chi connectivity index (χ1) is 7.41. The van der Waals surface area contributed by atoms with Crippen LogP contribution in [0.5, 0.6) is 0 Å². The summed E-state index contributed by atoms with van der Waals surface area (Å²) < 4.78 is 1.42. The van der Waals surface area contributed by atoms with E-state index in [1.807, 2.05) is 0 Å². The second-order valence-electron chi connectivity index (χ2n) is 3.40. The molecule has 0 bridgehead atoms. The van der Waals surface area contributed by atoms with Gasteiger partial charge in [0.1, 0.15) is 5.69 Å². The molecule has 88 valence electrons. The molecule has 0 fully saturated rings. The first kappa shape index (κ1) is 12.2. The number of carboxylic acids is 1. The number of rotatable bonds is 4. The average molecular weight is 227 g/mol. The van der Waals surface area contributed by atoms with E-state index in [0.29, 0.717) is 0 Å². The van der Waals surface area contributed by atoms with Crippen LogP contribution in [0.4, 0.5) is 0 Å². The maximum atomic E-state index is 11.5. The van der Waals surface area contributed by atoms with Crippen molar-refractivity contribution < 1.29 is 19.8 Å². The Morgan fingerprint density at radius 1 is 1.56 bits per heavy atom. The fourth-order valence-electron chi connectivity index (χ4n) is 1.14. The third-order valence-electron chi connectivity index (χ3n) is 1.98. The number of aryl methyl sites for hydroxylation is 1. The molecule has 0 spiro atoms. The van der Waals surface area contributed by atoms with Gasteiger partial charge in [0.05, 0.1) is 6.10 Å². The van der Waals surface area contributed by atoms with Crippen LogP contribution < -0.4 is 5.32 Å². The van der Waals surface area contributed by atoms with Crippen molar-refractivity contribution in [3.63, 3.8) is 0 Å². The van der Waals surface area contributed by atoms with E-state index < -0.39 is 24.0 Å². The summed E-state index contributed by atoms with van der Waals surface area (Å²) in [6.45, 7) is 1.29. The van der Waals surface area contributed by atoms with Gasteiger partial charge in [-0.3, -0.25) is 9.48 Å². The van der Waals surface area contributed by atoms with E-state index >= 15 is 0 Å². The molecule has 7 nitrogen and oxygen atoms in total. The number of hydrogen-bond donors (Lipinski definition) is 3. The molecule has 0 radical (unpaired) electrons. The van der Waals surface area contributed by atoms with Crippen molar-refractivity contribution in [3.05, 3.63) is 18.0 Å². The van der Waals surface area contributed by atoms with Crippen LogP contribution in [0.2, 0.25) is 0 Å². The Bertz CT molecular complexity index is 399. The first-order valence-electron chi connectivity index (χ1n) is 4.63. The minimum absolute atomic E-state index is 0.106. The van der Waals surface area contributed by atoms with Crippen LogP contribution in [0.15, 0.2) is 12.3 Å². The molecule has 0 saturated carbocycles. The summed E-state index contributed by atoms with van der Waals surface area (Å²) in [7, 11) is 1.64. The molecular formula is C9H13N3O4. The highest BCUT2D eigenvalue weighted by atomic mass is 16.4. The number of aromatic nitrogens is 2. The van der Waals surface area contributed by atoms with Crippen LogP contribution in [-0.4, -0.2) is 44.0 Å². The maximum Gasteiger partial charge on any atom is 0.328 e. The molecule has 0 aliphatic heterocycles. The molecule has 16 heavy (non-hydrogen) atoms. The number of amides is 1. The van der Waals surface area contributed by atoms with Gasteiger partial charge in [0.25, 0.3) is 5.91 Å². The number of carbonyl (C=O) groups excluding carboxylic acids is 1. The summed E-state index contributed by atoms with van der Waals surface area (Å²) in [6, 6.07) is 0.116. The monoisotopic (exact) mass is 227 g/mol. The summed E-state index contributed by atoms with van der Waals surface area (Å²) in [5.74, 6) is -1.92. The van der Waals surface area contributed by atoms with E-state index in [-0.39, 0.29) is 5.69 Å². The minimum Gasteiger partial charge on any atom is -0.480 e. The summed E-state index contributed by atoms with van der Waals surface area (Å²) in [4.78, 5) is 22.2. The Morgan fingerprint density at radius 3 is 2.56 bits per heavy atom. The highest BCUT2D eigenvalue weighted by molar-refractivity contribution is 5.95. The first-order valence-corrected chi connectivity index (χ1v) is 4.63. The normalized spacial score (nSPS) is 14.2. The van der Waals surface area contributed by atoms with Gasteiger partial charge in [-0.1, -0.05) is 0 Å². The Morgan fingerprint density at radius 2 is 2.19 bits per heavy atom. The van der Waals surface area contributed by atoms with Gasteiger partial charge in [-0.15, -0.1) is 0 Å². The predicted molar refractivity (Wildman–Crippen MR) is 53.8 cm³/mol. The fourth-order valence-corrected chi connectivity index (χ4v) is 1.14. The molecule has 0 aromatic carbocycles. The average Bonchev–Trinajstić information content (AvgIpc) is 2.59. The van der Waals surface area contributed by atoms with Gasteiger partial charge < -0.3 is 15.5 Å². The van der Waals surface area contributed by atoms with Crippen LogP contribution in [0.1, 0.15) is 17.4 Å². The van der Waals surface area contributed by atoms with Gasteiger partial charge in [-0.2, -0.15) is 5.10 Å². The number of carbonyl (C=O) groups is 2. The molecule has 1 aromatic heterocycles. The summed E-state index contributed by atoms with van der Waals surface area (Å²) >= 11 is 0. The largest absolute Gasteiger partial charge is 0.480 e. The number of aliphatic hydroxyl groups is 1. The number of aliphatic carboxylic acids is 1. The topological polar surface area (TPSA) is 104 Å². The Balaban J connectivity index is 2.73. The standard InChI is InChI=1S/C9H13N3O4/c1-5(13)7(9(15)16)10-8(14)6-3-4-12(2)11-6/h3-5,7,13H,1-2H3,(H,10,14)(H,15,16). The lowest BCUT2D eigenvalue weighted by Crippen LogP contribution is -2.47. The van der Waals surface area contributed by atoms with Crippen LogP contribution >= 0.6 is 0 Å². The zero-order valence-corrected chi connectivity index (χ0v) is 8.91. The minimum atomic E-state index is -1.34. The highest BCUT2D eigenvalue weighted by Gasteiger charge is 2.26. The van der Waals surface area contributed by atoms with Crippen LogP contribution in [0.25, 0.3) is 0 Å². The van der Waals surface area contributed by atoms with Gasteiger partial charge in [0.15, 0.2) is 6.04 Å². The summed E-state index contributed by atoms with van der Waals surface area (Å²) in [6.07, 6.45) is 0.387. The van der Waals surface area contributed by atoms with Crippen LogP contribution in [0, 0.1) is 0 Å². The third kappa shape index (κ3) is 2.80. The zero-order chi connectivity index (χ0) is 12.3. The second-order valence-corrected chi connectivity index (χ2v) is 3.40. The Kier molecular flexibility index (Phi) is 3.62. The van der Waals surface area contributed by atoms with Crippen molar-refractivity contribution in [3.8, 4) is 0 Å². The molecule has 7 heteroatoms. The van der Waals surface area contributed by atoms with Gasteiger partial charge in [0, 0.05) is 13.2 Å². The molecule has 2 atom stereocenters. The molecule has 3 N–H and O–H groups in total. The van der Waals surface area contributed by atoms with Gasteiger partial charge in [-0.25, -0.2) is 4.79 Å². The second kappa shape index (κ2) is 4.75. The molecule has 1 aromatic rings. The quantitative estimate of drug-likeness (QED) is 0.611. The SMILES string of the molecule is CC(O)C(NC(=O)c1ccn(C)n1)C(=O)O. The van der Waals surface area contributed by atoms with Gasteiger partial charge in [0.2, 0.25) is 0 Å². The molecular weight excluding hydrogens is 214 g/mol. The predicted octanol–water partition coefficient (Wildman–Crippen LogP) is -1.02. The van der Waals surface area contributed by atoms with Crippen molar-refractivity contribution in [1.29, 1.82) is 0 Å². The third-order valence-corrected chi connectivity index (χ3v) is 1.98. The van der Waals surface area contributed by atoms with Crippen LogP contribution in [-0.2, 0) is 11.8 Å². The summed E-state index contributed by atoms with van der Waals surface area (Å²) in [5, 5.41) is 23.9. The Labute approximate surface area is 91.7 Å². The van der Waals surface area contributed by atoms with Crippen LogP contribution in [0.3, 0.4) is 0 Å². The molecule has 0 aliphatic rings. The number of carboxylic acid groups (broad SMARTS) is 1. The lowest BCUT2D eigenvalue weighted by atomic mass is 10.2.